The standard InChI is InChI=1S/C11H19N5O/c1-8-9(12)10(15(2)13-8)11(17)14-16-6-4-3-5-7-16/h3-7,12H2,1-2H3,(H,14,17). The molecule has 1 aromatic rings. The first-order chi connectivity index (χ1) is 8.09. The number of carbonyl (C=O) groups excluding carboxylic acids is 1. The van der Waals surface area contributed by atoms with Crippen molar-refractivity contribution in [2.24, 2.45) is 7.05 Å². The number of nitrogens with zero attached hydrogens (tertiary/aromatic N) is 3. The molecule has 1 aliphatic heterocycles. The number of piperidine rings is 1. The average Bonchev–Trinajstić information content (AvgIpc) is 2.54. The van der Waals surface area contributed by atoms with Gasteiger partial charge in [-0.15, -0.1) is 0 Å². The van der Waals surface area contributed by atoms with Crippen molar-refractivity contribution in [3.05, 3.63) is 11.4 Å². The largest absolute Gasteiger partial charge is 0.395 e. The number of aromatic nitrogens is 2. The van der Waals surface area contributed by atoms with Crippen molar-refractivity contribution in [3.63, 3.8) is 0 Å². The van der Waals surface area contributed by atoms with Gasteiger partial charge in [-0.25, -0.2) is 5.01 Å². The summed E-state index contributed by atoms with van der Waals surface area (Å²) in [6, 6.07) is 0. The summed E-state index contributed by atoms with van der Waals surface area (Å²) < 4.78 is 1.53. The lowest BCUT2D eigenvalue weighted by Crippen LogP contribution is -2.45. The van der Waals surface area contributed by atoms with Crippen LogP contribution in [-0.2, 0) is 7.05 Å². The van der Waals surface area contributed by atoms with Crippen LogP contribution < -0.4 is 11.2 Å². The van der Waals surface area contributed by atoms with Crippen LogP contribution in [0.5, 0.6) is 0 Å². The van der Waals surface area contributed by atoms with Gasteiger partial charge in [0, 0.05) is 20.1 Å². The van der Waals surface area contributed by atoms with Crippen LogP contribution in [0.1, 0.15) is 35.4 Å². The number of hydrogen-bond donors (Lipinski definition) is 2. The molecule has 0 saturated carbocycles. The highest BCUT2D eigenvalue weighted by Crippen LogP contribution is 2.15. The Hall–Kier alpha value is -1.56. The molecule has 0 atom stereocenters. The Labute approximate surface area is 101 Å². The van der Waals surface area contributed by atoms with Crippen LogP contribution in [0.4, 0.5) is 5.69 Å². The van der Waals surface area contributed by atoms with Gasteiger partial charge < -0.3 is 5.73 Å². The maximum atomic E-state index is 12.1. The van der Waals surface area contributed by atoms with Gasteiger partial charge in [-0.3, -0.25) is 14.9 Å². The number of carbonyl (C=O) groups is 1. The van der Waals surface area contributed by atoms with Gasteiger partial charge in [0.1, 0.15) is 0 Å². The van der Waals surface area contributed by atoms with Gasteiger partial charge in [0.25, 0.3) is 5.91 Å². The summed E-state index contributed by atoms with van der Waals surface area (Å²) in [5.41, 5.74) is 10.3. The molecule has 0 aliphatic carbocycles. The van der Waals surface area contributed by atoms with Gasteiger partial charge in [0.05, 0.1) is 11.4 Å². The van der Waals surface area contributed by atoms with E-state index < -0.39 is 0 Å². The first kappa shape index (κ1) is 11.9. The second-order valence-corrected chi connectivity index (χ2v) is 4.46. The summed E-state index contributed by atoms with van der Waals surface area (Å²) in [6.45, 7) is 3.61. The summed E-state index contributed by atoms with van der Waals surface area (Å²) in [7, 11) is 1.73. The fraction of sp³-hybridized carbons (Fsp3) is 0.636. The quantitative estimate of drug-likeness (QED) is 0.782. The van der Waals surface area contributed by atoms with Gasteiger partial charge in [0.2, 0.25) is 0 Å². The van der Waals surface area contributed by atoms with Crippen molar-refractivity contribution < 1.29 is 4.79 Å². The van der Waals surface area contributed by atoms with Gasteiger partial charge >= 0.3 is 0 Å². The van der Waals surface area contributed by atoms with Gasteiger partial charge in [0.15, 0.2) is 5.69 Å². The van der Waals surface area contributed by atoms with Crippen LogP contribution in [0.2, 0.25) is 0 Å². The third-order valence-corrected chi connectivity index (χ3v) is 3.10. The summed E-state index contributed by atoms with van der Waals surface area (Å²) in [5.74, 6) is -0.174. The highest BCUT2D eigenvalue weighted by atomic mass is 16.2. The van der Waals surface area contributed by atoms with E-state index in [1.165, 1.54) is 11.1 Å². The lowest BCUT2D eigenvalue weighted by Gasteiger charge is -2.26. The first-order valence-corrected chi connectivity index (χ1v) is 5.94. The molecule has 94 valence electrons. The molecule has 0 bridgehead atoms. The van der Waals surface area contributed by atoms with E-state index >= 15 is 0 Å². The number of aryl methyl sites for hydroxylation is 2. The number of hydrogen-bond acceptors (Lipinski definition) is 4. The van der Waals surface area contributed by atoms with Crippen molar-refractivity contribution in [3.8, 4) is 0 Å². The molecule has 3 N–H and O–H groups in total. The molecule has 0 radical (unpaired) electrons. The number of anilines is 1. The monoisotopic (exact) mass is 237 g/mol. The molecule has 0 aromatic carbocycles. The Morgan fingerprint density at radius 2 is 2.00 bits per heavy atom. The Morgan fingerprint density at radius 1 is 1.35 bits per heavy atom. The molecule has 1 aliphatic rings. The number of nitrogens with one attached hydrogen (secondary N) is 1. The predicted molar refractivity (Wildman–Crippen MR) is 65.2 cm³/mol. The van der Waals surface area contributed by atoms with E-state index in [2.05, 4.69) is 10.5 Å². The third-order valence-electron chi connectivity index (χ3n) is 3.10. The van der Waals surface area contributed by atoms with Crippen molar-refractivity contribution in [2.75, 3.05) is 18.8 Å². The average molecular weight is 237 g/mol. The molecular formula is C11H19N5O. The number of nitrogens with two attached hydrogens (primary N) is 1. The Balaban J connectivity index is 2.08. The second kappa shape index (κ2) is 4.75. The SMILES string of the molecule is Cc1nn(C)c(C(=O)NN2CCCCC2)c1N. The molecule has 6 heteroatoms. The molecule has 2 rings (SSSR count). The normalized spacial score (nSPS) is 17.1. The van der Waals surface area contributed by atoms with Crippen LogP contribution in [0.25, 0.3) is 0 Å². The molecule has 1 fully saturated rings. The third kappa shape index (κ3) is 2.41. The summed E-state index contributed by atoms with van der Waals surface area (Å²) in [6.07, 6.45) is 3.49. The molecule has 6 nitrogen and oxygen atoms in total. The highest BCUT2D eigenvalue weighted by molar-refractivity contribution is 5.97. The molecule has 17 heavy (non-hydrogen) atoms. The molecule has 0 unspecified atom stereocenters. The van der Waals surface area contributed by atoms with Crippen LogP contribution in [0.15, 0.2) is 0 Å². The predicted octanol–water partition coefficient (Wildman–Crippen LogP) is 0.441. The number of rotatable bonds is 2. The first-order valence-electron chi connectivity index (χ1n) is 5.94. The van der Waals surface area contributed by atoms with Gasteiger partial charge in [-0.05, 0) is 19.8 Å². The molecule has 2 heterocycles. The summed E-state index contributed by atoms with van der Waals surface area (Å²) in [4.78, 5) is 12.1. The van der Waals surface area contributed by atoms with Crippen molar-refractivity contribution in [1.29, 1.82) is 0 Å². The van der Waals surface area contributed by atoms with E-state index in [0.29, 0.717) is 17.1 Å². The van der Waals surface area contributed by atoms with E-state index in [-0.39, 0.29) is 5.91 Å². The fourth-order valence-corrected chi connectivity index (χ4v) is 2.15. The summed E-state index contributed by atoms with van der Waals surface area (Å²) >= 11 is 0. The minimum absolute atomic E-state index is 0.174. The van der Waals surface area contributed by atoms with Gasteiger partial charge in [-0.1, -0.05) is 6.42 Å². The minimum Gasteiger partial charge on any atom is -0.395 e. The molecule has 1 amide bonds. The fourth-order valence-electron chi connectivity index (χ4n) is 2.15. The maximum absolute atomic E-state index is 12.1. The smallest absolute Gasteiger partial charge is 0.285 e. The number of hydrazine groups is 1. The zero-order valence-corrected chi connectivity index (χ0v) is 10.4. The Morgan fingerprint density at radius 3 is 2.53 bits per heavy atom. The second-order valence-electron chi connectivity index (χ2n) is 4.46. The van der Waals surface area contributed by atoms with E-state index in [1.807, 2.05) is 5.01 Å². The molecule has 0 spiro atoms. The topological polar surface area (TPSA) is 76.2 Å². The maximum Gasteiger partial charge on any atom is 0.285 e. The zero-order valence-electron chi connectivity index (χ0n) is 10.4. The lowest BCUT2D eigenvalue weighted by atomic mass is 10.2. The molecule has 1 saturated heterocycles. The van der Waals surface area contributed by atoms with Crippen LogP contribution in [-0.4, -0.2) is 33.8 Å². The van der Waals surface area contributed by atoms with Crippen LogP contribution in [0.3, 0.4) is 0 Å². The number of amides is 1. The van der Waals surface area contributed by atoms with E-state index in [4.69, 9.17) is 5.73 Å². The van der Waals surface area contributed by atoms with Crippen molar-refractivity contribution in [1.82, 2.24) is 20.2 Å². The van der Waals surface area contributed by atoms with Crippen LogP contribution in [0, 0.1) is 6.92 Å². The van der Waals surface area contributed by atoms with E-state index in [0.717, 1.165) is 25.9 Å². The van der Waals surface area contributed by atoms with E-state index in [1.54, 1.807) is 14.0 Å². The highest BCUT2D eigenvalue weighted by Gasteiger charge is 2.20. The van der Waals surface area contributed by atoms with Crippen molar-refractivity contribution >= 4 is 11.6 Å². The van der Waals surface area contributed by atoms with E-state index in [9.17, 15) is 4.79 Å². The zero-order chi connectivity index (χ0) is 12.4. The van der Waals surface area contributed by atoms with Crippen LogP contribution >= 0.6 is 0 Å². The Kier molecular flexibility index (Phi) is 3.33. The molecule has 1 aromatic heterocycles. The number of nitrogen functional groups attached to an aromatic ring is 1. The minimum atomic E-state index is -0.174. The Bertz CT molecular complexity index is 420. The van der Waals surface area contributed by atoms with Gasteiger partial charge in [-0.2, -0.15) is 5.10 Å². The lowest BCUT2D eigenvalue weighted by molar-refractivity contribution is 0.0741. The van der Waals surface area contributed by atoms with Crippen molar-refractivity contribution in [2.45, 2.75) is 26.2 Å². The molecular weight excluding hydrogens is 218 g/mol. The summed E-state index contributed by atoms with van der Waals surface area (Å²) in [5, 5.41) is 6.09.